The molecule has 0 aromatic heterocycles. The van der Waals surface area contributed by atoms with Gasteiger partial charge in [-0.15, -0.1) is 0 Å². The highest BCUT2D eigenvalue weighted by atomic mass is 19.2. The normalized spacial score (nSPS) is 24.4. The maximum absolute atomic E-state index is 13.5. The highest BCUT2D eigenvalue weighted by Crippen LogP contribution is 2.35. The van der Waals surface area contributed by atoms with E-state index in [4.69, 9.17) is 5.73 Å². The van der Waals surface area contributed by atoms with E-state index in [0.29, 0.717) is 11.8 Å². The van der Waals surface area contributed by atoms with Gasteiger partial charge in [-0.2, -0.15) is 0 Å². The molecule has 2 aliphatic rings. The average molecular weight is 429 g/mol. The van der Waals surface area contributed by atoms with Crippen LogP contribution in [0.3, 0.4) is 0 Å². The summed E-state index contributed by atoms with van der Waals surface area (Å²) in [5, 5.41) is 6.66. The first-order chi connectivity index (χ1) is 14.9. The highest BCUT2D eigenvalue weighted by molar-refractivity contribution is 5.67. The van der Waals surface area contributed by atoms with Gasteiger partial charge >= 0.3 is 0 Å². The van der Waals surface area contributed by atoms with Crippen molar-refractivity contribution in [3.63, 3.8) is 0 Å². The highest BCUT2D eigenvalue weighted by Gasteiger charge is 2.26. The summed E-state index contributed by atoms with van der Waals surface area (Å²) in [6.07, 6.45) is 11.2. The summed E-state index contributed by atoms with van der Waals surface area (Å²) in [4.78, 5) is 4.55. The molecule has 168 valence electrons. The number of nitrogens with two attached hydrogens (primary N) is 1. The molecule has 1 heterocycles. The SMILES string of the molecule is CC/C=C\C1=C(C)NC=N/C1=C(\N)C1CCC(CNC(C)c2ccc(F)c(F)c2)CC1. The average Bonchev–Trinajstić information content (AvgIpc) is 2.78. The van der Waals surface area contributed by atoms with Crippen LogP contribution in [0.2, 0.25) is 0 Å². The number of aliphatic imine (C=N–C) groups is 1. The molecule has 1 atom stereocenters. The Labute approximate surface area is 184 Å². The molecule has 1 aliphatic heterocycles. The van der Waals surface area contributed by atoms with Crippen molar-refractivity contribution in [2.24, 2.45) is 22.6 Å². The van der Waals surface area contributed by atoms with Gasteiger partial charge in [0.1, 0.15) is 0 Å². The van der Waals surface area contributed by atoms with Gasteiger partial charge in [-0.1, -0.05) is 25.1 Å². The van der Waals surface area contributed by atoms with Crippen LogP contribution < -0.4 is 16.4 Å². The van der Waals surface area contributed by atoms with Crippen LogP contribution in [0.5, 0.6) is 0 Å². The molecule has 0 radical (unpaired) electrons. The summed E-state index contributed by atoms with van der Waals surface area (Å²) in [7, 11) is 0. The van der Waals surface area contributed by atoms with E-state index in [-0.39, 0.29) is 6.04 Å². The topological polar surface area (TPSA) is 62.4 Å². The number of nitrogens with zero attached hydrogens (tertiary/aromatic N) is 1. The summed E-state index contributed by atoms with van der Waals surface area (Å²) in [5.41, 5.74) is 11.3. The molecule has 3 rings (SSSR count). The Hall–Kier alpha value is -2.47. The number of hydrogen-bond donors (Lipinski definition) is 3. The molecule has 1 aromatic carbocycles. The van der Waals surface area contributed by atoms with Gasteiger partial charge < -0.3 is 16.4 Å². The maximum atomic E-state index is 13.5. The smallest absolute Gasteiger partial charge is 0.159 e. The zero-order valence-corrected chi connectivity index (χ0v) is 18.7. The second-order valence-corrected chi connectivity index (χ2v) is 8.58. The lowest BCUT2D eigenvalue weighted by molar-refractivity contribution is 0.283. The lowest BCUT2D eigenvalue weighted by atomic mass is 9.79. The van der Waals surface area contributed by atoms with Crippen molar-refractivity contribution < 1.29 is 8.78 Å². The first kappa shape index (κ1) is 23.2. The van der Waals surface area contributed by atoms with Gasteiger partial charge in [0, 0.05) is 28.9 Å². The zero-order chi connectivity index (χ0) is 22.4. The van der Waals surface area contributed by atoms with E-state index >= 15 is 0 Å². The molecule has 0 bridgehead atoms. The van der Waals surface area contributed by atoms with Crippen LogP contribution in [0.25, 0.3) is 0 Å². The van der Waals surface area contributed by atoms with Gasteiger partial charge in [0.15, 0.2) is 11.6 Å². The Morgan fingerprint density at radius 1 is 1.26 bits per heavy atom. The maximum Gasteiger partial charge on any atom is 0.159 e. The molecule has 0 amide bonds. The van der Waals surface area contributed by atoms with Crippen LogP contribution in [0.1, 0.15) is 64.5 Å². The predicted molar refractivity (Wildman–Crippen MR) is 123 cm³/mol. The molecule has 0 saturated heterocycles. The van der Waals surface area contributed by atoms with E-state index in [2.05, 4.69) is 34.7 Å². The minimum absolute atomic E-state index is 0.0230. The van der Waals surface area contributed by atoms with Gasteiger partial charge in [0.05, 0.1) is 12.0 Å². The van der Waals surface area contributed by atoms with Crippen LogP contribution in [0.15, 0.2) is 58.0 Å². The number of halogens is 2. The predicted octanol–water partition coefficient (Wildman–Crippen LogP) is 5.46. The van der Waals surface area contributed by atoms with E-state index in [0.717, 1.165) is 66.9 Å². The third-order valence-electron chi connectivity index (χ3n) is 6.37. The minimum Gasteiger partial charge on any atom is -0.400 e. The van der Waals surface area contributed by atoms with Crippen LogP contribution in [0, 0.1) is 23.5 Å². The van der Waals surface area contributed by atoms with Gasteiger partial charge in [-0.05, 0) is 76.1 Å². The van der Waals surface area contributed by atoms with Crippen LogP contribution in [-0.2, 0) is 0 Å². The zero-order valence-electron chi connectivity index (χ0n) is 18.7. The lowest BCUT2D eigenvalue weighted by Crippen LogP contribution is -2.30. The van der Waals surface area contributed by atoms with Crippen LogP contribution in [-0.4, -0.2) is 12.9 Å². The number of benzene rings is 1. The van der Waals surface area contributed by atoms with E-state index < -0.39 is 11.6 Å². The second kappa shape index (κ2) is 10.7. The Morgan fingerprint density at radius 2 is 2.00 bits per heavy atom. The molecular weight excluding hydrogens is 394 g/mol. The lowest BCUT2D eigenvalue weighted by Gasteiger charge is -2.31. The quantitative estimate of drug-likeness (QED) is 0.540. The molecule has 1 unspecified atom stereocenters. The molecule has 1 aromatic rings. The van der Waals surface area contributed by atoms with Gasteiger partial charge in [-0.3, -0.25) is 0 Å². The van der Waals surface area contributed by atoms with Gasteiger partial charge in [0.2, 0.25) is 0 Å². The van der Waals surface area contributed by atoms with Crippen molar-refractivity contribution in [1.82, 2.24) is 10.6 Å². The summed E-state index contributed by atoms with van der Waals surface area (Å²) < 4.78 is 26.6. The van der Waals surface area contributed by atoms with E-state index in [1.54, 1.807) is 12.4 Å². The molecule has 4 nitrogen and oxygen atoms in total. The van der Waals surface area contributed by atoms with Crippen molar-refractivity contribution in [2.75, 3.05) is 6.54 Å². The molecule has 1 saturated carbocycles. The molecule has 6 heteroatoms. The third kappa shape index (κ3) is 5.82. The first-order valence-corrected chi connectivity index (χ1v) is 11.3. The first-order valence-electron chi connectivity index (χ1n) is 11.3. The van der Waals surface area contributed by atoms with E-state index in [1.807, 2.05) is 13.8 Å². The Balaban J connectivity index is 1.57. The van der Waals surface area contributed by atoms with Crippen molar-refractivity contribution in [1.29, 1.82) is 0 Å². The molecule has 4 N–H and O–H groups in total. The van der Waals surface area contributed by atoms with Gasteiger partial charge in [0.25, 0.3) is 0 Å². The van der Waals surface area contributed by atoms with Crippen molar-refractivity contribution in [3.05, 3.63) is 70.2 Å². The largest absolute Gasteiger partial charge is 0.400 e. The number of allylic oxidation sites excluding steroid dienone is 4. The minimum atomic E-state index is -0.808. The summed E-state index contributed by atoms with van der Waals surface area (Å²) >= 11 is 0. The molecular formula is C25H34F2N4. The van der Waals surface area contributed by atoms with Crippen molar-refractivity contribution >= 4 is 6.34 Å². The number of nitrogens with one attached hydrogen (secondary N) is 2. The van der Waals surface area contributed by atoms with E-state index in [1.165, 1.54) is 12.1 Å². The monoisotopic (exact) mass is 428 g/mol. The Kier molecular flexibility index (Phi) is 8.02. The van der Waals surface area contributed by atoms with Crippen molar-refractivity contribution in [2.45, 2.75) is 58.9 Å². The Morgan fingerprint density at radius 3 is 2.68 bits per heavy atom. The fraction of sp³-hybridized carbons (Fsp3) is 0.480. The fourth-order valence-electron chi connectivity index (χ4n) is 4.30. The van der Waals surface area contributed by atoms with Crippen molar-refractivity contribution in [3.8, 4) is 0 Å². The number of rotatable bonds is 7. The van der Waals surface area contributed by atoms with Gasteiger partial charge in [-0.25, -0.2) is 13.8 Å². The standard InChI is InChI=1S/C25H34F2N4/c1-4-5-6-21-17(3)30-15-31-25(21)24(28)19-9-7-18(8-10-19)14-29-16(2)20-11-12-22(26)23(27)13-20/h5-6,11-13,15-16,18-19,29H,4,7-10,14,28H2,1-3H3,(H,30,31)/b6-5-,25-24-. The Bertz CT molecular complexity index is 893. The fourth-order valence-corrected chi connectivity index (χ4v) is 4.30. The van der Waals surface area contributed by atoms with E-state index in [9.17, 15) is 8.78 Å². The third-order valence-corrected chi connectivity index (χ3v) is 6.37. The second-order valence-electron chi connectivity index (χ2n) is 8.58. The molecule has 1 aliphatic carbocycles. The van der Waals surface area contributed by atoms with Crippen LogP contribution >= 0.6 is 0 Å². The summed E-state index contributed by atoms with van der Waals surface area (Å²) in [6, 6.07) is 4.08. The molecule has 1 fully saturated rings. The van der Waals surface area contributed by atoms with Crippen LogP contribution in [0.4, 0.5) is 8.78 Å². The molecule has 31 heavy (non-hydrogen) atoms. The molecule has 0 spiro atoms. The summed E-state index contributed by atoms with van der Waals surface area (Å²) in [6.45, 7) is 7.00. The summed E-state index contributed by atoms with van der Waals surface area (Å²) in [5.74, 6) is -0.719. The number of hydrogen-bond acceptors (Lipinski definition) is 4.